The zero-order chi connectivity index (χ0) is 12.4. The molecule has 1 aromatic carbocycles. The first-order valence-corrected chi connectivity index (χ1v) is 6.68. The maximum atomic E-state index is 14.0. The van der Waals surface area contributed by atoms with E-state index in [1.165, 1.54) is 12.8 Å². The summed E-state index contributed by atoms with van der Waals surface area (Å²) >= 11 is 0. The topological polar surface area (TPSA) is 36.4 Å². The molecule has 0 aromatic heterocycles. The molecule has 0 unspecified atom stereocenters. The van der Waals surface area contributed by atoms with Crippen LogP contribution in [0.1, 0.15) is 31.2 Å². The van der Waals surface area contributed by atoms with Crippen LogP contribution in [0.2, 0.25) is 0 Å². The summed E-state index contributed by atoms with van der Waals surface area (Å²) in [5.74, 6) is 0.622. The molecule has 0 saturated heterocycles. The Kier molecular flexibility index (Phi) is 3.17. The number of benzene rings is 1. The molecule has 2 aliphatic rings. The van der Waals surface area contributed by atoms with Crippen LogP contribution >= 0.6 is 0 Å². The molecule has 1 aliphatic carbocycles. The maximum Gasteiger partial charge on any atom is 0.147 e. The predicted molar refractivity (Wildman–Crippen MR) is 71.7 cm³/mol. The van der Waals surface area contributed by atoms with Gasteiger partial charge in [0.2, 0.25) is 0 Å². The summed E-state index contributed by atoms with van der Waals surface area (Å²) in [7, 11) is 0. The Morgan fingerprint density at radius 1 is 1.28 bits per heavy atom. The van der Waals surface area contributed by atoms with Crippen molar-refractivity contribution in [1.82, 2.24) is 5.32 Å². The lowest BCUT2D eigenvalue weighted by atomic mass is 10.1. The van der Waals surface area contributed by atoms with E-state index in [4.69, 9.17) is 0 Å². The van der Waals surface area contributed by atoms with Crippen LogP contribution in [0.25, 0.3) is 0 Å². The average molecular weight is 247 g/mol. The molecule has 0 amide bonds. The van der Waals surface area contributed by atoms with Gasteiger partial charge in [-0.15, -0.1) is 0 Å². The smallest absolute Gasteiger partial charge is 0.147 e. The summed E-state index contributed by atoms with van der Waals surface area (Å²) in [4.78, 5) is 4.30. The third kappa shape index (κ3) is 2.33. The molecule has 3 nitrogen and oxygen atoms in total. The largest absolute Gasteiger partial charge is 0.380 e. The lowest BCUT2D eigenvalue weighted by Gasteiger charge is -2.14. The molecule has 3 rings (SSSR count). The number of nitrogens with one attached hydrogen (secondary N) is 2. The first-order valence-electron chi connectivity index (χ1n) is 6.68. The van der Waals surface area contributed by atoms with Crippen molar-refractivity contribution in [2.75, 3.05) is 18.4 Å². The number of nitrogens with zero attached hydrogens (tertiary/aromatic N) is 1. The molecule has 0 radical (unpaired) electrons. The molecule has 1 aliphatic heterocycles. The third-order valence-electron chi connectivity index (χ3n) is 3.63. The average Bonchev–Trinajstić information content (AvgIpc) is 3.04. The van der Waals surface area contributed by atoms with Gasteiger partial charge in [-0.2, -0.15) is 0 Å². The highest BCUT2D eigenvalue weighted by Gasteiger charge is 2.17. The molecule has 96 valence electrons. The molecule has 0 bridgehead atoms. The van der Waals surface area contributed by atoms with Crippen molar-refractivity contribution in [3.05, 3.63) is 29.6 Å². The van der Waals surface area contributed by atoms with Crippen molar-refractivity contribution in [2.24, 2.45) is 4.99 Å². The highest BCUT2D eigenvalue weighted by atomic mass is 19.1. The van der Waals surface area contributed by atoms with Gasteiger partial charge in [-0.05, 0) is 31.0 Å². The Balaban J connectivity index is 1.75. The number of hydrogen-bond acceptors (Lipinski definition) is 3. The quantitative estimate of drug-likeness (QED) is 0.861. The monoisotopic (exact) mass is 247 g/mol. The Hall–Kier alpha value is -1.58. The fraction of sp³-hybridized carbons (Fsp3) is 0.500. The minimum absolute atomic E-state index is 0.184. The van der Waals surface area contributed by atoms with Gasteiger partial charge in [0.1, 0.15) is 11.7 Å². The molecule has 2 N–H and O–H groups in total. The van der Waals surface area contributed by atoms with Gasteiger partial charge in [0.05, 0.1) is 12.2 Å². The Morgan fingerprint density at radius 3 is 2.78 bits per heavy atom. The van der Waals surface area contributed by atoms with E-state index in [1.807, 2.05) is 12.1 Å². The van der Waals surface area contributed by atoms with Crippen LogP contribution < -0.4 is 10.6 Å². The van der Waals surface area contributed by atoms with Crippen molar-refractivity contribution < 1.29 is 4.39 Å². The van der Waals surface area contributed by atoms with Gasteiger partial charge >= 0.3 is 0 Å². The maximum absolute atomic E-state index is 14.0. The molecule has 4 heteroatoms. The molecule has 18 heavy (non-hydrogen) atoms. The van der Waals surface area contributed by atoms with Crippen LogP contribution in [0, 0.1) is 5.82 Å². The second kappa shape index (κ2) is 4.96. The summed E-state index contributed by atoms with van der Waals surface area (Å²) in [6, 6.07) is 5.75. The van der Waals surface area contributed by atoms with Gasteiger partial charge in [-0.1, -0.05) is 12.8 Å². The zero-order valence-electron chi connectivity index (χ0n) is 10.4. The molecular formula is C14H18FN3. The van der Waals surface area contributed by atoms with Crippen LogP contribution in [0.5, 0.6) is 0 Å². The second-order valence-electron chi connectivity index (χ2n) is 4.98. The molecule has 0 atom stereocenters. The summed E-state index contributed by atoms with van der Waals surface area (Å²) < 4.78 is 14.0. The van der Waals surface area contributed by atoms with Gasteiger partial charge in [-0.3, -0.25) is 4.99 Å². The molecular weight excluding hydrogens is 229 g/mol. The van der Waals surface area contributed by atoms with E-state index < -0.39 is 0 Å². The van der Waals surface area contributed by atoms with Crippen molar-refractivity contribution >= 4 is 11.5 Å². The molecule has 0 spiro atoms. The summed E-state index contributed by atoms with van der Waals surface area (Å²) in [5, 5.41) is 6.45. The van der Waals surface area contributed by atoms with Crippen LogP contribution in [-0.2, 0) is 0 Å². The van der Waals surface area contributed by atoms with Crippen molar-refractivity contribution in [1.29, 1.82) is 0 Å². The van der Waals surface area contributed by atoms with Crippen LogP contribution in [0.4, 0.5) is 10.1 Å². The van der Waals surface area contributed by atoms with E-state index in [1.54, 1.807) is 6.07 Å². The van der Waals surface area contributed by atoms with Gasteiger partial charge < -0.3 is 10.6 Å². The number of amidine groups is 1. The molecule has 1 heterocycles. The van der Waals surface area contributed by atoms with Crippen LogP contribution in [0.15, 0.2) is 23.2 Å². The van der Waals surface area contributed by atoms with E-state index >= 15 is 0 Å². The van der Waals surface area contributed by atoms with Gasteiger partial charge in [-0.25, -0.2) is 4.39 Å². The van der Waals surface area contributed by atoms with E-state index in [-0.39, 0.29) is 5.82 Å². The van der Waals surface area contributed by atoms with Crippen LogP contribution in [0.3, 0.4) is 0 Å². The first-order chi connectivity index (χ1) is 8.83. The summed E-state index contributed by atoms with van der Waals surface area (Å²) in [6.45, 7) is 1.62. The SMILES string of the molecule is Fc1cc(C2=NCCN2)ccc1NC1CCCC1. The number of halogens is 1. The number of rotatable bonds is 3. The summed E-state index contributed by atoms with van der Waals surface area (Å²) in [5.41, 5.74) is 1.45. The highest BCUT2D eigenvalue weighted by molar-refractivity contribution is 6.00. The predicted octanol–water partition coefficient (Wildman–Crippen LogP) is 2.53. The van der Waals surface area contributed by atoms with Crippen molar-refractivity contribution in [2.45, 2.75) is 31.7 Å². The van der Waals surface area contributed by atoms with E-state index in [0.29, 0.717) is 11.7 Å². The van der Waals surface area contributed by atoms with Crippen LogP contribution in [-0.4, -0.2) is 25.0 Å². The Bertz CT molecular complexity index is 464. The van der Waals surface area contributed by atoms with E-state index in [0.717, 1.165) is 37.3 Å². The van der Waals surface area contributed by atoms with E-state index in [9.17, 15) is 4.39 Å². The number of hydrogen-bond donors (Lipinski definition) is 2. The van der Waals surface area contributed by atoms with Gasteiger partial charge in [0.15, 0.2) is 0 Å². The third-order valence-corrected chi connectivity index (χ3v) is 3.63. The first kappa shape index (κ1) is 11.5. The summed E-state index contributed by atoms with van der Waals surface area (Å²) in [6.07, 6.45) is 4.79. The van der Waals surface area contributed by atoms with Crippen molar-refractivity contribution in [3.8, 4) is 0 Å². The second-order valence-corrected chi connectivity index (χ2v) is 4.98. The highest BCUT2D eigenvalue weighted by Crippen LogP contribution is 2.24. The number of aliphatic imine (C=N–C) groups is 1. The van der Waals surface area contributed by atoms with Gasteiger partial charge in [0, 0.05) is 18.2 Å². The Morgan fingerprint density at radius 2 is 2.11 bits per heavy atom. The Labute approximate surface area is 106 Å². The standard InChI is InChI=1S/C14H18FN3/c15-12-9-10(14-16-7-8-17-14)5-6-13(12)18-11-3-1-2-4-11/h5-6,9,11,18H,1-4,7-8H2,(H,16,17). The molecule has 1 aromatic rings. The zero-order valence-corrected chi connectivity index (χ0v) is 10.4. The fourth-order valence-corrected chi connectivity index (χ4v) is 2.66. The minimum atomic E-state index is -0.184. The number of anilines is 1. The molecule has 1 fully saturated rings. The van der Waals surface area contributed by atoms with Gasteiger partial charge in [0.25, 0.3) is 0 Å². The normalized spacial score (nSPS) is 19.7. The molecule has 1 saturated carbocycles. The lowest BCUT2D eigenvalue weighted by molar-refractivity contribution is 0.624. The van der Waals surface area contributed by atoms with Crippen molar-refractivity contribution in [3.63, 3.8) is 0 Å². The lowest BCUT2D eigenvalue weighted by Crippen LogP contribution is -2.20. The minimum Gasteiger partial charge on any atom is -0.380 e. The van der Waals surface area contributed by atoms with E-state index in [2.05, 4.69) is 15.6 Å². The fourth-order valence-electron chi connectivity index (χ4n) is 2.66.